The molecule has 3 rings (SSSR count). The minimum Gasteiger partial charge on any atom is -0.379 e. The number of nitrogens with two attached hydrogens (primary N) is 1. The molecule has 0 saturated carbocycles. The standard InChI is InChI=1S/C20H32N4OS.HI/c1-3-16(2)17-4-6-18(7-5-17)23-19(21)22-14-20(8-13-26-15-20)24-9-11-25-12-10-24;/h4-7,16H,3,8-15H2,1-2H3,(H3,21,22,23);1H. The van der Waals surface area contributed by atoms with Crippen molar-refractivity contribution in [1.82, 2.24) is 4.90 Å². The maximum absolute atomic E-state index is 6.19. The van der Waals surface area contributed by atoms with Crippen LogP contribution >= 0.6 is 35.7 Å². The van der Waals surface area contributed by atoms with Gasteiger partial charge in [0, 0.05) is 24.5 Å². The maximum Gasteiger partial charge on any atom is 0.193 e. The number of ether oxygens (including phenoxy) is 1. The summed E-state index contributed by atoms with van der Waals surface area (Å²) in [5.41, 5.74) is 8.69. The van der Waals surface area contributed by atoms with Crippen LogP contribution in [0.5, 0.6) is 0 Å². The van der Waals surface area contributed by atoms with Crippen molar-refractivity contribution in [3.8, 4) is 0 Å². The fourth-order valence-corrected chi connectivity index (χ4v) is 5.13. The zero-order valence-corrected chi connectivity index (χ0v) is 19.6. The number of aliphatic imine (C=N–C) groups is 1. The lowest BCUT2D eigenvalue weighted by Crippen LogP contribution is -2.56. The molecule has 2 saturated heterocycles. The molecule has 1 aromatic carbocycles. The number of hydrogen-bond donors (Lipinski definition) is 2. The molecule has 2 aliphatic heterocycles. The molecule has 2 fully saturated rings. The Morgan fingerprint density at radius 3 is 2.63 bits per heavy atom. The van der Waals surface area contributed by atoms with Crippen LogP contribution in [0.25, 0.3) is 0 Å². The Bertz CT molecular complexity index is 599. The van der Waals surface area contributed by atoms with Crippen molar-refractivity contribution in [2.45, 2.75) is 38.1 Å². The average Bonchev–Trinajstić information content (AvgIpc) is 3.17. The van der Waals surface area contributed by atoms with Crippen LogP contribution in [0.3, 0.4) is 0 Å². The molecule has 27 heavy (non-hydrogen) atoms. The number of morpholine rings is 1. The van der Waals surface area contributed by atoms with Crippen LogP contribution in [0, 0.1) is 0 Å². The molecule has 0 bridgehead atoms. The van der Waals surface area contributed by atoms with Gasteiger partial charge in [0.1, 0.15) is 0 Å². The largest absolute Gasteiger partial charge is 0.379 e. The number of halogens is 1. The number of nitrogens with one attached hydrogen (secondary N) is 1. The quantitative estimate of drug-likeness (QED) is 0.351. The Morgan fingerprint density at radius 2 is 2.04 bits per heavy atom. The molecule has 0 spiro atoms. The van der Waals surface area contributed by atoms with Gasteiger partial charge in [0.15, 0.2) is 5.96 Å². The summed E-state index contributed by atoms with van der Waals surface area (Å²) in [5.74, 6) is 3.43. The molecular formula is C20H33IN4OS. The van der Waals surface area contributed by atoms with Gasteiger partial charge in [0.2, 0.25) is 0 Å². The SMILES string of the molecule is CCC(C)c1ccc(NC(N)=NCC2(N3CCOCC3)CCSC2)cc1.I. The molecule has 7 heteroatoms. The van der Waals surface area contributed by atoms with Crippen molar-refractivity contribution < 1.29 is 4.74 Å². The van der Waals surface area contributed by atoms with Crippen LogP contribution in [-0.4, -0.2) is 60.8 Å². The topological polar surface area (TPSA) is 62.9 Å². The highest BCUT2D eigenvalue weighted by atomic mass is 127. The highest BCUT2D eigenvalue weighted by Crippen LogP contribution is 2.34. The van der Waals surface area contributed by atoms with E-state index in [-0.39, 0.29) is 29.5 Å². The molecule has 2 unspecified atom stereocenters. The summed E-state index contributed by atoms with van der Waals surface area (Å²) in [6.07, 6.45) is 2.33. The van der Waals surface area contributed by atoms with Crippen molar-refractivity contribution in [2.75, 3.05) is 49.7 Å². The summed E-state index contributed by atoms with van der Waals surface area (Å²) in [4.78, 5) is 7.27. The van der Waals surface area contributed by atoms with E-state index in [0.717, 1.165) is 50.7 Å². The van der Waals surface area contributed by atoms with Crippen LogP contribution in [0.1, 0.15) is 38.2 Å². The predicted octanol–water partition coefficient (Wildman–Crippen LogP) is 3.75. The molecule has 0 aromatic heterocycles. The highest BCUT2D eigenvalue weighted by Gasteiger charge is 2.40. The molecule has 152 valence electrons. The third-order valence-electron chi connectivity index (χ3n) is 5.67. The first-order valence-corrected chi connectivity index (χ1v) is 10.9. The smallest absolute Gasteiger partial charge is 0.193 e. The zero-order chi connectivity index (χ0) is 18.4. The average molecular weight is 504 g/mol. The zero-order valence-electron chi connectivity index (χ0n) is 16.4. The Hall–Kier alpha value is -0.510. The molecule has 2 atom stereocenters. The molecule has 3 N–H and O–H groups in total. The van der Waals surface area contributed by atoms with Crippen LogP contribution in [0.2, 0.25) is 0 Å². The number of anilines is 1. The van der Waals surface area contributed by atoms with E-state index in [9.17, 15) is 0 Å². The second kappa shape index (κ2) is 10.9. The van der Waals surface area contributed by atoms with E-state index < -0.39 is 0 Å². The van der Waals surface area contributed by atoms with Crippen molar-refractivity contribution in [3.63, 3.8) is 0 Å². The Balaban J connectivity index is 0.00000261. The first-order chi connectivity index (χ1) is 12.6. The molecule has 5 nitrogen and oxygen atoms in total. The van der Waals surface area contributed by atoms with Gasteiger partial charge in [-0.25, -0.2) is 0 Å². The van der Waals surface area contributed by atoms with Crippen molar-refractivity contribution >= 4 is 47.4 Å². The summed E-state index contributed by atoms with van der Waals surface area (Å²) < 4.78 is 5.52. The Morgan fingerprint density at radius 1 is 1.33 bits per heavy atom. The van der Waals surface area contributed by atoms with Gasteiger partial charge in [-0.15, -0.1) is 24.0 Å². The lowest BCUT2D eigenvalue weighted by molar-refractivity contribution is -0.0104. The number of guanidine groups is 1. The van der Waals surface area contributed by atoms with Gasteiger partial charge in [-0.3, -0.25) is 9.89 Å². The van der Waals surface area contributed by atoms with E-state index >= 15 is 0 Å². The molecule has 2 heterocycles. The summed E-state index contributed by atoms with van der Waals surface area (Å²) >= 11 is 2.02. The van der Waals surface area contributed by atoms with E-state index in [1.807, 2.05) is 11.8 Å². The molecule has 0 amide bonds. The summed E-state index contributed by atoms with van der Waals surface area (Å²) in [6.45, 7) is 8.87. The van der Waals surface area contributed by atoms with Gasteiger partial charge in [0.25, 0.3) is 0 Å². The van der Waals surface area contributed by atoms with E-state index in [0.29, 0.717) is 11.9 Å². The second-order valence-electron chi connectivity index (χ2n) is 7.38. The second-order valence-corrected chi connectivity index (χ2v) is 8.49. The third kappa shape index (κ3) is 5.98. The molecule has 0 radical (unpaired) electrons. The van der Waals surface area contributed by atoms with Crippen molar-refractivity contribution in [2.24, 2.45) is 10.7 Å². The Kier molecular flexibility index (Phi) is 9.18. The highest BCUT2D eigenvalue weighted by molar-refractivity contribution is 14.0. The lowest BCUT2D eigenvalue weighted by Gasteiger charge is -2.42. The van der Waals surface area contributed by atoms with E-state index in [2.05, 4.69) is 48.3 Å². The predicted molar refractivity (Wildman–Crippen MR) is 128 cm³/mol. The number of benzene rings is 1. The molecule has 2 aliphatic rings. The number of rotatable bonds is 6. The van der Waals surface area contributed by atoms with Crippen LogP contribution < -0.4 is 11.1 Å². The minimum absolute atomic E-state index is 0. The Labute approximate surface area is 184 Å². The normalized spacial score (nSPS) is 25.0. The lowest BCUT2D eigenvalue weighted by atomic mass is 9.96. The third-order valence-corrected chi connectivity index (χ3v) is 6.91. The maximum atomic E-state index is 6.19. The minimum atomic E-state index is 0. The van der Waals surface area contributed by atoms with E-state index in [1.165, 1.54) is 17.7 Å². The van der Waals surface area contributed by atoms with Crippen LogP contribution in [0.15, 0.2) is 29.3 Å². The van der Waals surface area contributed by atoms with Gasteiger partial charge in [-0.2, -0.15) is 11.8 Å². The van der Waals surface area contributed by atoms with Gasteiger partial charge < -0.3 is 15.8 Å². The van der Waals surface area contributed by atoms with Gasteiger partial charge in [-0.05, 0) is 42.2 Å². The molecular weight excluding hydrogens is 471 g/mol. The number of thioether (sulfide) groups is 1. The summed E-state index contributed by atoms with van der Waals surface area (Å²) in [5, 5.41) is 3.25. The van der Waals surface area contributed by atoms with Crippen LogP contribution in [0.4, 0.5) is 5.69 Å². The number of hydrogen-bond acceptors (Lipinski definition) is 4. The van der Waals surface area contributed by atoms with Crippen molar-refractivity contribution in [3.05, 3.63) is 29.8 Å². The molecule has 1 aromatic rings. The summed E-state index contributed by atoms with van der Waals surface area (Å²) in [7, 11) is 0. The van der Waals surface area contributed by atoms with E-state index in [4.69, 9.17) is 15.5 Å². The fourth-order valence-electron chi connectivity index (χ4n) is 3.66. The first kappa shape index (κ1) is 22.8. The van der Waals surface area contributed by atoms with Gasteiger partial charge in [-0.1, -0.05) is 26.0 Å². The van der Waals surface area contributed by atoms with Crippen LogP contribution in [-0.2, 0) is 4.74 Å². The summed E-state index contributed by atoms with van der Waals surface area (Å²) in [6, 6.07) is 8.53. The molecule has 0 aliphatic carbocycles. The fraction of sp³-hybridized carbons (Fsp3) is 0.650. The van der Waals surface area contributed by atoms with Gasteiger partial charge in [0.05, 0.1) is 25.3 Å². The number of nitrogens with zero attached hydrogens (tertiary/aromatic N) is 2. The van der Waals surface area contributed by atoms with Gasteiger partial charge >= 0.3 is 0 Å². The van der Waals surface area contributed by atoms with E-state index in [1.54, 1.807) is 0 Å². The monoisotopic (exact) mass is 504 g/mol. The van der Waals surface area contributed by atoms with Crippen molar-refractivity contribution in [1.29, 1.82) is 0 Å². The first-order valence-electron chi connectivity index (χ1n) is 9.70.